The minimum Gasteiger partial charge on any atom is -0.497 e. The number of hydrogen-bond acceptors (Lipinski definition) is 5. The van der Waals surface area contributed by atoms with E-state index in [9.17, 15) is 9.59 Å². The van der Waals surface area contributed by atoms with Gasteiger partial charge in [0, 0.05) is 23.6 Å². The molecule has 158 valence electrons. The molecule has 2 amide bonds. The summed E-state index contributed by atoms with van der Waals surface area (Å²) >= 11 is 1.38. The van der Waals surface area contributed by atoms with Gasteiger partial charge in [-0.3, -0.25) is 9.59 Å². The number of amides is 2. The Bertz CT molecular complexity index is 956. The summed E-state index contributed by atoms with van der Waals surface area (Å²) in [4.78, 5) is 26.4. The van der Waals surface area contributed by atoms with E-state index in [1.165, 1.54) is 11.8 Å². The average Bonchev–Trinajstić information content (AvgIpc) is 2.73. The van der Waals surface area contributed by atoms with Gasteiger partial charge in [0.05, 0.1) is 23.8 Å². The lowest BCUT2D eigenvalue weighted by atomic mass is 10.1. The first-order chi connectivity index (χ1) is 14.5. The van der Waals surface area contributed by atoms with Crippen molar-refractivity contribution in [2.75, 3.05) is 25.6 Å². The molecule has 2 aromatic carbocycles. The second kappa shape index (κ2) is 10.3. The van der Waals surface area contributed by atoms with Crippen molar-refractivity contribution in [1.29, 1.82) is 0 Å². The lowest BCUT2D eigenvalue weighted by Crippen LogP contribution is -2.26. The Morgan fingerprint density at radius 3 is 2.83 bits per heavy atom. The minimum absolute atomic E-state index is 0.167. The fourth-order valence-corrected chi connectivity index (χ4v) is 3.81. The van der Waals surface area contributed by atoms with Crippen molar-refractivity contribution < 1.29 is 19.1 Å². The van der Waals surface area contributed by atoms with Crippen molar-refractivity contribution in [2.45, 2.75) is 31.3 Å². The second-order valence-electron chi connectivity index (χ2n) is 7.08. The van der Waals surface area contributed by atoms with Gasteiger partial charge in [-0.25, -0.2) is 0 Å². The van der Waals surface area contributed by atoms with Crippen LogP contribution in [0.3, 0.4) is 0 Å². The van der Waals surface area contributed by atoms with Crippen molar-refractivity contribution in [3.8, 4) is 5.75 Å². The van der Waals surface area contributed by atoms with Crippen molar-refractivity contribution in [2.24, 2.45) is 0 Å². The summed E-state index contributed by atoms with van der Waals surface area (Å²) in [6, 6.07) is 12.9. The molecule has 1 aliphatic heterocycles. The summed E-state index contributed by atoms with van der Waals surface area (Å²) in [5.41, 5.74) is 2.04. The summed E-state index contributed by atoms with van der Waals surface area (Å²) in [6.45, 7) is 5.11. The maximum absolute atomic E-state index is 12.5. The molecule has 0 aromatic heterocycles. The predicted molar refractivity (Wildman–Crippen MR) is 120 cm³/mol. The number of nitrogens with one attached hydrogen (secondary N) is 2. The number of carbonyl (C=O) groups excluding carboxylic acids is 2. The predicted octanol–water partition coefficient (Wildman–Crippen LogP) is 4.33. The first-order valence-electron chi connectivity index (χ1n) is 9.85. The van der Waals surface area contributed by atoms with Crippen LogP contribution in [0.1, 0.15) is 36.2 Å². The van der Waals surface area contributed by atoms with Gasteiger partial charge in [0.1, 0.15) is 5.75 Å². The van der Waals surface area contributed by atoms with Crippen molar-refractivity contribution >= 4 is 35.3 Å². The van der Waals surface area contributed by atoms with Gasteiger partial charge in [-0.15, -0.1) is 0 Å². The van der Waals surface area contributed by atoms with Gasteiger partial charge in [-0.1, -0.05) is 23.9 Å². The third-order valence-corrected chi connectivity index (χ3v) is 5.48. The number of hydrogen-bond donors (Lipinski definition) is 2. The zero-order chi connectivity index (χ0) is 21.5. The molecule has 3 rings (SSSR count). The average molecular weight is 427 g/mol. The molecule has 0 bridgehead atoms. The molecule has 0 fully saturated rings. The van der Waals surface area contributed by atoms with Crippen LogP contribution >= 0.6 is 11.8 Å². The van der Waals surface area contributed by atoms with Gasteiger partial charge >= 0.3 is 0 Å². The number of benzene rings is 2. The Morgan fingerprint density at radius 1 is 1.23 bits per heavy atom. The maximum atomic E-state index is 12.5. The summed E-state index contributed by atoms with van der Waals surface area (Å²) in [5.74, 6) is 0.371. The van der Waals surface area contributed by atoms with Gasteiger partial charge in [0.15, 0.2) is 0 Å². The number of ether oxygens (including phenoxy) is 2. The zero-order valence-corrected chi connectivity index (χ0v) is 18.2. The first-order valence-corrected chi connectivity index (χ1v) is 10.7. The Labute approximate surface area is 181 Å². The molecule has 0 unspecified atom stereocenters. The van der Waals surface area contributed by atoms with Gasteiger partial charge in [0.2, 0.25) is 0 Å². The lowest BCUT2D eigenvalue weighted by molar-refractivity contribution is -0.112. The van der Waals surface area contributed by atoms with E-state index in [0.717, 1.165) is 22.6 Å². The van der Waals surface area contributed by atoms with E-state index in [4.69, 9.17) is 9.47 Å². The molecule has 2 N–H and O–H groups in total. The molecule has 6 nitrogen and oxygen atoms in total. The normalized spacial score (nSPS) is 14.4. The highest BCUT2D eigenvalue weighted by Gasteiger charge is 2.22. The molecule has 7 heteroatoms. The van der Waals surface area contributed by atoms with Crippen LogP contribution in [0, 0.1) is 0 Å². The Kier molecular flexibility index (Phi) is 7.54. The SMILES string of the molecule is COc1cccc(C=C2Sc3ccc(C(=O)NCCCOC(C)C)cc3NC2=O)c1. The van der Waals surface area contributed by atoms with E-state index >= 15 is 0 Å². The van der Waals surface area contributed by atoms with Crippen LogP contribution < -0.4 is 15.4 Å². The summed E-state index contributed by atoms with van der Waals surface area (Å²) in [6.07, 6.45) is 2.76. The summed E-state index contributed by atoms with van der Waals surface area (Å²) in [7, 11) is 1.61. The molecular formula is C23H26N2O4S. The third-order valence-electron chi connectivity index (χ3n) is 4.38. The van der Waals surface area contributed by atoms with E-state index < -0.39 is 0 Å². The molecule has 0 atom stereocenters. The highest BCUT2D eigenvalue weighted by Crippen LogP contribution is 2.39. The maximum Gasteiger partial charge on any atom is 0.262 e. The highest BCUT2D eigenvalue weighted by molar-refractivity contribution is 8.04. The third kappa shape index (κ3) is 5.87. The molecular weight excluding hydrogens is 400 g/mol. The first kappa shape index (κ1) is 21.9. The smallest absolute Gasteiger partial charge is 0.262 e. The molecule has 0 spiro atoms. The standard InChI is InChI=1S/C23H26N2O4S/c1-15(2)29-11-5-10-24-22(26)17-8-9-20-19(14-17)25-23(27)21(30-20)13-16-6-4-7-18(12-16)28-3/h4,6-9,12-15H,5,10-11H2,1-3H3,(H,24,26)(H,25,27). The van der Waals surface area contributed by atoms with Gasteiger partial charge < -0.3 is 20.1 Å². The van der Waals surface area contributed by atoms with Crippen LogP contribution in [0.4, 0.5) is 5.69 Å². The molecule has 0 saturated carbocycles. The molecule has 1 heterocycles. The van der Waals surface area contributed by atoms with Crippen molar-refractivity contribution in [3.05, 3.63) is 58.5 Å². The van der Waals surface area contributed by atoms with E-state index in [1.54, 1.807) is 19.2 Å². The van der Waals surface area contributed by atoms with Crippen LogP contribution in [0.2, 0.25) is 0 Å². The van der Waals surface area contributed by atoms with Gasteiger partial charge in [-0.05, 0) is 62.2 Å². The van der Waals surface area contributed by atoms with E-state index in [2.05, 4.69) is 10.6 Å². The number of anilines is 1. The summed E-state index contributed by atoms with van der Waals surface area (Å²) in [5, 5.41) is 5.76. The zero-order valence-electron chi connectivity index (χ0n) is 17.4. The van der Waals surface area contributed by atoms with E-state index in [-0.39, 0.29) is 17.9 Å². The fraction of sp³-hybridized carbons (Fsp3) is 0.304. The largest absolute Gasteiger partial charge is 0.497 e. The summed E-state index contributed by atoms with van der Waals surface area (Å²) < 4.78 is 10.7. The molecule has 30 heavy (non-hydrogen) atoms. The number of rotatable bonds is 8. The van der Waals surface area contributed by atoms with Crippen molar-refractivity contribution in [1.82, 2.24) is 5.32 Å². The molecule has 1 aliphatic rings. The Balaban J connectivity index is 1.65. The van der Waals surface area contributed by atoms with Gasteiger partial charge in [-0.2, -0.15) is 0 Å². The molecule has 0 saturated heterocycles. The topological polar surface area (TPSA) is 76.7 Å². The Morgan fingerprint density at radius 2 is 2.07 bits per heavy atom. The van der Waals surface area contributed by atoms with Crippen LogP contribution in [-0.2, 0) is 9.53 Å². The van der Waals surface area contributed by atoms with E-state index in [0.29, 0.717) is 29.3 Å². The van der Waals surface area contributed by atoms with Crippen LogP contribution in [0.15, 0.2) is 52.3 Å². The van der Waals surface area contributed by atoms with Crippen LogP contribution in [0.25, 0.3) is 6.08 Å². The Hall–Kier alpha value is -2.77. The fourth-order valence-electron chi connectivity index (χ4n) is 2.88. The number of methoxy groups -OCH3 is 1. The number of fused-ring (bicyclic) bond motifs is 1. The second-order valence-corrected chi connectivity index (χ2v) is 8.17. The number of thioether (sulfide) groups is 1. The quantitative estimate of drug-likeness (QED) is 0.485. The molecule has 0 aliphatic carbocycles. The molecule has 0 radical (unpaired) electrons. The van der Waals surface area contributed by atoms with Gasteiger partial charge in [0.25, 0.3) is 11.8 Å². The van der Waals surface area contributed by atoms with E-state index in [1.807, 2.05) is 50.3 Å². The highest BCUT2D eigenvalue weighted by atomic mass is 32.2. The lowest BCUT2D eigenvalue weighted by Gasteiger charge is -2.19. The molecule has 2 aromatic rings. The van der Waals surface area contributed by atoms with Crippen molar-refractivity contribution in [3.63, 3.8) is 0 Å². The van der Waals surface area contributed by atoms with Crippen LogP contribution in [-0.4, -0.2) is 38.2 Å². The number of carbonyl (C=O) groups is 2. The minimum atomic E-state index is -0.196. The van der Waals surface area contributed by atoms with Crippen LogP contribution in [0.5, 0.6) is 5.75 Å². The monoisotopic (exact) mass is 426 g/mol.